The molecule has 4 aliphatic rings. The zero-order valence-corrected chi connectivity index (χ0v) is 15.4. The SMILES string of the molecule is CC(=O)[C@H]1CC[C@H]2[C@@H]3C[C@@H](F)[C@@H]4C[C@@](C)(O)CC[C@@H]4[C@H]3CC[C@]12C. The summed E-state index contributed by atoms with van der Waals surface area (Å²) in [6.45, 7) is 5.95. The Hall–Kier alpha value is -0.440. The van der Waals surface area contributed by atoms with Crippen LogP contribution < -0.4 is 0 Å². The third-order valence-electron chi connectivity index (χ3n) is 8.74. The molecule has 0 amide bonds. The Morgan fingerprint density at radius 1 is 1.00 bits per heavy atom. The molecule has 0 bridgehead atoms. The van der Waals surface area contributed by atoms with Crippen LogP contribution in [0.25, 0.3) is 0 Å². The van der Waals surface area contributed by atoms with E-state index in [2.05, 4.69) is 6.92 Å². The number of fused-ring (bicyclic) bond motifs is 5. The standard InChI is InChI=1S/C21H33FO2/c1-12(23)17-4-5-18-15-10-19(22)16-11-20(2,24)8-6-14(16)13(15)7-9-21(17,18)3/h13-19,24H,4-11H2,1-3H3/t13-,14-,15-,16-,17-,18+,19-,20+,21-/m1/s1. The zero-order valence-electron chi connectivity index (χ0n) is 15.4. The fourth-order valence-corrected chi connectivity index (χ4v) is 7.67. The molecule has 0 aliphatic heterocycles. The molecule has 1 N–H and O–H groups in total. The number of halogens is 1. The highest BCUT2D eigenvalue weighted by Crippen LogP contribution is 2.64. The maximum atomic E-state index is 15.1. The van der Waals surface area contributed by atoms with Gasteiger partial charge in [0.25, 0.3) is 0 Å². The smallest absolute Gasteiger partial charge is 0.133 e. The van der Waals surface area contributed by atoms with Gasteiger partial charge in [-0.2, -0.15) is 0 Å². The van der Waals surface area contributed by atoms with Crippen LogP contribution in [0.5, 0.6) is 0 Å². The third-order valence-corrected chi connectivity index (χ3v) is 8.74. The fraction of sp³-hybridized carbons (Fsp3) is 0.952. The molecule has 0 aromatic heterocycles. The zero-order chi connectivity index (χ0) is 17.3. The molecule has 0 spiro atoms. The van der Waals surface area contributed by atoms with Gasteiger partial charge in [-0.15, -0.1) is 0 Å². The van der Waals surface area contributed by atoms with Gasteiger partial charge in [-0.1, -0.05) is 6.92 Å². The van der Waals surface area contributed by atoms with Gasteiger partial charge in [0.05, 0.1) is 5.60 Å². The molecular weight excluding hydrogens is 303 g/mol. The number of hydrogen-bond donors (Lipinski definition) is 1. The van der Waals surface area contributed by atoms with Crippen molar-refractivity contribution in [1.29, 1.82) is 0 Å². The van der Waals surface area contributed by atoms with E-state index in [1.54, 1.807) is 6.92 Å². The molecule has 0 radical (unpaired) electrons. The molecule has 136 valence electrons. The molecule has 0 heterocycles. The third kappa shape index (κ3) is 2.40. The molecule has 0 aromatic carbocycles. The van der Waals surface area contributed by atoms with E-state index >= 15 is 4.39 Å². The van der Waals surface area contributed by atoms with Gasteiger partial charge in [-0.25, -0.2) is 4.39 Å². The van der Waals surface area contributed by atoms with E-state index in [0.29, 0.717) is 42.3 Å². The number of ketones is 1. The average molecular weight is 336 g/mol. The monoisotopic (exact) mass is 336 g/mol. The Labute approximate surface area is 145 Å². The van der Waals surface area contributed by atoms with E-state index in [0.717, 1.165) is 38.5 Å². The molecule has 9 atom stereocenters. The first kappa shape index (κ1) is 17.0. The highest BCUT2D eigenvalue weighted by Gasteiger charge is 2.60. The number of carbonyl (C=O) groups excluding carboxylic acids is 1. The van der Waals surface area contributed by atoms with Crippen LogP contribution in [0.15, 0.2) is 0 Å². The van der Waals surface area contributed by atoms with Crippen molar-refractivity contribution >= 4 is 5.78 Å². The van der Waals surface area contributed by atoms with Crippen LogP contribution in [0, 0.1) is 40.9 Å². The summed E-state index contributed by atoms with van der Waals surface area (Å²) in [6.07, 6.45) is 6.79. The minimum absolute atomic E-state index is 0.0596. The maximum absolute atomic E-state index is 15.1. The quantitative estimate of drug-likeness (QED) is 0.763. The van der Waals surface area contributed by atoms with Crippen molar-refractivity contribution in [2.45, 2.75) is 83.9 Å². The highest BCUT2D eigenvalue weighted by atomic mass is 19.1. The van der Waals surface area contributed by atoms with Crippen molar-refractivity contribution in [3.63, 3.8) is 0 Å². The van der Waals surface area contributed by atoms with Gasteiger partial charge in [0.15, 0.2) is 0 Å². The minimum Gasteiger partial charge on any atom is -0.390 e. The van der Waals surface area contributed by atoms with Crippen LogP contribution in [-0.2, 0) is 4.79 Å². The van der Waals surface area contributed by atoms with Gasteiger partial charge >= 0.3 is 0 Å². The van der Waals surface area contributed by atoms with Crippen LogP contribution in [0.2, 0.25) is 0 Å². The van der Waals surface area contributed by atoms with Crippen LogP contribution in [-0.4, -0.2) is 22.7 Å². The predicted octanol–water partition coefficient (Wildman–Crippen LogP) is 4.54. The molecule has 24 heavy (non-hydrogen) atoms. The average Bonchev–Trinajstić information content (AvgIpc) is 2.85. The molecule has 2 nitrogen and oxygen atoms in total. The number of hydrogen-bond acceptors (Lipinski definition) is 2. The molecule has 4 saturated carbocycles. The molecule has 0 saturated heterocycles. The first-order valence-electron chi connectivity index (χ1n) is 10.1. The molecular formula is C21H33FO2. The molecule has 4 aliphatic carbocycles. The van der Waals surface area contributed by atoms with Gasteiger partial charge < -0.3 is 5.11 Å². The van der Waals surface area contributed by atoms with E-state index < -0.39 is 11.8 Å². The van der Waals surface area contributed by atoms with Crippen LogP contribution >= 0.6 is 0 Å². The number of rotatable bonds is 1. The lowest BCUT2D eigenvalue weighted by molar-refractivity contribution is -0.137. The lowest BCUT2D eigenvalue weighted by atomic mass is 9.48. The topological polar surface area (TPSA) is 37.3 Å². The van der Waals surface area contributed by atoms with E-state index in [4.69, 9.17) is 0 Å². The van der Waals surface area contributed by atoms with Crippen molar-refractivity contribution < 1.29 is 14.3 Å². The first-order chi connectivity index (χ1) is 11.2. The molecule has 4 fully saturated rings. The van der Waals surface area contributed by atoms with Gasteiger partial charge in [-0.3, -0.25) is 4.79 Å². The van der Waals surface area contributed by atoms with Crippen molar-refractivity contribution in [2.75, 3.05) is 0 Å². The lowest BCUT2D eigenvalue weighted by Crippen LogP contribution is -2.54. The summed E-state index contributed by atoms with van der Waals surface area (Å²) in [5.41, 5.74) is -0.561. The maximum Gasteiger partial charge on any atom is 0.133 e. The van der Waals surface area contributed by atoms with Crippen LogP contribution in [0.3, 0.4) is 0 Å². The normalized spacial score (nSPS) is 57.0. The lowest BCUT2D eigenvalue weighted by Gasteiger charge is -2.57. The second-order valence-electron chi connectivity index (χ2n) is 10.0. The van der Waals surface area contributed by atoms with E-state index in [1.165, 1.54) is 0 Å². The van der Waals surface area contributed by atoms with Crippen LogP contribution in [0.1, 0.15) is 72.1 Å². The number of Topliss-reactive ketones (excluding diaryl/α,β-unsaturated/α-hetero) is 1. The highest BCUT2D eigenvalue weighted by molar-refractivity contribution is 5.79. The Morgan fingerprint density at radius 2 is 1.67 bits per heavy atom. The van der Waals surface area contributed by atoms with Crippen molar-refractivity contribution in [3.8, 4) is 0 Å². The number of carbonyl (C=O) groups is 1. The summed E-state index contributed by atoms with van der Waals surface area (Å²) in [6, 6.07) is 0. The van der Waals surface area contributed by atoms with E-state index in [1.807, 2.05) is 6.92 Å². The summed E-state index contributed by atoms with van der Waals surface area (Å²) in [5, 5.41) is 10.4. The first-order valence-corrected chi connectivity index (χ1v) is 10.1. The summed E-state index contributed by atoms with van der Waals surface area (Å²) in [5.74, 6) is 2.69. The van der Waals surface area contributed by atoms with Gasteiger partial charge in [0, 0.05) is 5.92 Å². The Bertz CT molecular complexity index is 530. The molecule has 0 unspecified atom stereocenters. The van der Waals surface area contributed by atoms with Gasteiger partial charge in [0.2, 0.25) is 0 Å². The second kappa shape index (κ2) is 5.53. The van der Waals surface area contributed by atoms with Crippen molar-refractivity contribution in [1.82, 2.24) is 0 Å². The Balaban J connectivity index is 1.60. The van der Waals surface area contributed by atoms with E-state index in [-0.39, 0.29) is 17.3 Å². The van der Waals surface area contributed by atoms with Gasteiger partial charge in [-0.05, 0) is 100 Å². The van der Waals surface area contributed by atoms with Crippen molar-refractivity contribution in [3.05, 3.63) is 0 Å². The van der Waals surface area contributed by atoms with Crippen LogP contribution in [0.4, 0.5) is 4.39 Å². The summed E-state index contributed by atoms with van der Waals surface area (Å²) in [4.78, 5) is 12.1. The summed E-state index contributed by atoms with van der Waals surface area (Å²) >= 11 is 0. The number of alkyl halides is 1. The minimum atomic E-state index is -0.762. The molecule has 3 heteroatoms. The summed E-state index contributed by atoms with van der Waals surface area (Å²) in [7, 11) is 0. The fourth-order valence-electron chi connectivity index (χ4n) is 7.67. The van der Waals surface area contributed by atoms with Gasteiger partial charge in [0.1, 0.15) is 12.0 Å². The number of aliphatic hydroxyl groups is 1. The Morgan fingerprint density at radius 3 is 2.38 bits per heavy atom. The second-order valence-corrected chi connectivity index (χ2v) is 10.0. The van der Waals surface area contributed by atoms with Crippen molar-refractivity contribution in [2.24, 2.45) is 40.9 Å². The molecule has 0 aromatic rings. The predicted molar refractivity (Wildman–Crippen MR) is 92.2 cm³/mol. The Kier molecular flexibility index (Phi) is 3.91. The summed E-state index contributed by atoms with van der Waals surface area (Å²) < 4.78 is 15.1. The van der Waals surface area contributed by atoms with E-state index in [9.17, 15) is 9.90 Å². The molecule has 4 rings (SSSR count). The largest absolute Gasteiger partial charge is 0.390 e.